The number of carbonyl (C=O) groups is 3. The normalized spacial score (nSPS) is 21.5. The van der Waals surface area contributed by atoms with Crippen LogP contribution in [0.15, 0.2) is 55.0 Å². The lowest BCUT2D eigenvalue weighted by atomic mass is 10.0. The molecule has 7 heterocycles. The van der Waals surface area contributed by atoms with Crippen LogP contribution in [0.4, 0.5) is 14.0 Å². The molecular formula is C49H56FN9O6S. The summed E-state index contributed by atoms with van der Waals surface area (Å²) < 4.78 is 36.4. The number of fused-ring (bicyclic) bond motifs is 6. The van der Waals surface area contributed by atoms with Crippen molar-refractivity contribution in [2.45, 2.75) is 117 Å². The van der Waals surface area contributed by atoms with Crippen LogP contribution in [0.25, 0.3) is 44.7 Å². The predicted molar refractivity (Wildman–Crippen MR) is 247 cm³/mol. The van der Waals surface area contributed by atoms with E-state index in [1.54, 1.807) is 22.4 Å². The van der Waals surface area contributed by atoms with Crippen molar-refractivity contribution in [3.05, 3.63) is 82.3 Å². The van der Waals surface area contributed by atoms with Gasteiger partial charge in [-0.3, -0.25) is 14.3 Å². The van der Waals surface area contributed by atoms with E-state index in [0.717, 1.165) is 63.6 Å². The van der Waals surface area contributed by atoms with Crippen LogP contribution >= 0.6 is 11.3 Å². The molecule has 6 aromatic rings. The van der Waals surface area contributed by atoms with Crippen LogP contribution in [0.1, 0.15) is 114 Å². The molecule has 17 heteroatoms. The number of rotatable bonds is 10. The van der Waals surface area contributed by atoms with E-state index in [9.17, 15) is 14.4 Å². The van der Waals surface area contributed by atoms with E-state index in [4.69, 9.17) is 29.2 Å². The molecule has 0 spiro atoms. The van der Waals surface area contributed by atoms with E-state index in [1.807, 2.05) is 76.2 Å². The molecule has 6 atom stereocenters. The Hall–Kier alpha value is -6.23. The number of hydrogen-bond donors (Lipinski definition) is 3. The molecule has 1 unspecified atom stereocenters. The van der Waals surface area contributed by atoms with Gasteiger partial charge in [0.2, 0.25) is 12.1 Å². The lowest BCUT2D eigenvalue weighted by Gasteiger charge is -2.30. The number of H-pyrrole nitrogens is 2. The lowest BCUT2D eigenvalue weighted by Crippen LogP contribution is -2.51. The maximum atomic E-state index is 16.9. The van der Waals surface area contributed by atoms with Gasteiger partial charge < -0.3 is 34.4 Å². The first-order valence-electron chi connectivity index (χ1n) is 22.9. The summed E-state index contributed by atoms with van der Waals surface area (Å²) in [5.41, 5.74) is 4.12. The zero-order chi connectivity index (χ0) is 46.3. The number of piperidine rings is 1. The fourth-order valence-electron chi connectivity index (χ4n) is 9.94. The molecule has 1 aliphatic carbocycles. The monoisotopic (exact) mass is 917 g/mol. The first-order valence-corrected chi connectivity index (χ1v) is 23.7. The molecule has 3 N–H and O–H groups in total. The minimum atomic E-state index is -0.765. The van der Waals surface area contributed by atoms with Crippen LogP contribution in [0, 0.1) is 23.6 Å². The van der Waals surface area contributed by atoms with Gasteiger partial charge in [-0.25, -0.2) is 28.9 Å². The Morgan fingerprint density at radius 1 is 0.955 bits per heavy atom. The van der Waals surface area contributed by atoms with Gasteiger partial charge in [0.05, 0.1) is 69.6 Å². The average Bonchev–Trinajstić information content (AvgIpc) is 4.01. The molecule has 3 fully saturated rings. The number of amides is 3. The Balaban J connectivity index is 0.979. The number of aromatic nitrogens is 6. The molecule has 0 radical (unpaired) electrons. The number of benzene rings is 2. The Kier molecular flexibility index (Phi) is 11.0. The summed E-state index contributed by atoms with van der Waals surface area (Å²) in [6.45, 7) is 14.2. The summed E-state index contributed by atoms with van der Waals surface area (Å²) >= 11 is 1.59. The number of imidazole rings is 2. The van der Waals surface area contributed by atoms with Crippen molar-refractivity contribution in [2.24, 2.45) is 17.8 Å². The van der Waals surface area contributed by atoms with Crippen molar-refractivity contribution < 1.29 is 33.0 Å². The summed E-state index contributed by atoms with van der Waals surface area (Å²) in [6, 6.07) is 10.4. The van der Waals surface area contributed by atoms with Gasteiger partial charge in [0.25, 0.3) is 0 Å². The van der Waals surface area contributed by atoms with Crippen LogP contribution in [-0.2, 0) is 20.7 Å². The summed E-state index contributed by atoms with van der Waals surface area (Å²) in [5, 5.41) is 4.58. The Bertz CT molecular complexity index is 2860. The molecule has 2 saturated heterocycles. The summed E-state index contributed by atoms with van der Waals surface area (Å²) in [5.74, 6) is 1.72. The predicted octanol–water partition coefficient (Wildman–Crippen LogP) is 9.94. The fraction of sp³-hybridized carbons (Fsp3) is 0.469. The highest BCUT2D eigenvalue weighted by atomic mass is 32.1. The lowest BCUT2D eigenvalue weighted by molar-refractivity contribution is -0.135. The molecule has 66 heavy (non-hydrogen) atoms. The second-order valence-electron chi connectivity index (χ2n) is 19.8. The number of thiazole rings is 1. The van der Waals surface area contributed by atoms with E-state index in [1.165, 1.54) is 13.2 Å². The van der Waals surface area contributed by atoms with Crippen LogP contribution in [0.3, 0.4) is 0 Å². The molecule has 0 bridgehead atoms. The molecule has 2 aromatic carbocycles. The van der Waals surface area contributed by atoms with Crippen molar-refractivity contribution >= 4 is 40.3 Å². The number of carbonyl (C=O) groups excluding carboxylic acids is 3. The van der Waals surface area contributed by atoms with Crippen molar-refractivity contribution in [1.82, 2.24) is 44.6 Å². The minimum Gasteiger partial charge on any atom is -0.464 e. The fourth-order valence-corrected chi connectivity index (χ4v) is 11.1. The standard InChI is InChI=1S/C49H56FN9O6S/c1-24(2)14-40-51-23-39(66-40)46-58-33-12-11-26(31-21-53-44(54-31)37-19-29-17-35(29)59(37)48(62)65-49(5,6)7)15-28(33)18-36(58)41-30(50)16-27(20-38(41)64-46)32-22-52-43(55-32)34-10-9-13-57(34)45(60)42(25(3)4)56-47(61)63-8/h11-12,15-16,18,20-25,29,34-35,37,42,46H,9-10,13-14,17,19H2,1-8H3,(H,52,55)(H,53,54)(H,56,61)/t29-,34-,35+,37-,42-,46?/m0/s1. The largest absolute Gasteiger partial charge is 0.464 e. The summed E-state index contributed by atoms with van der Waals surface area (Å²) in [7, 11) is 1.27. The summed E-state index contributed by atoms with van der Waals surface area (Å²) in [6.07, 6.45) is 7.84. The SMILES string of the molecule is COC(=O)N[C@H](C(=O)N1CCC[C@H]1c1ncc(-c2cc(F)c3c(c2)OC(c2cnc(CC(C)C)s2)n2c-3cc3cc(-c4cnc([C@@H]5C[C@@H]6C[C@H]6N5C(=O)OC(C)(C)C)[nH]4)ccc32)[nH]1)C(C)C. The van der Waals surface area contributed by atoms with Gasteiger partial charge in [0, 0.05) is 41.7 Å². The van der Waals surface area contributed by atoms with E-state index in [0.29, 0.717) is 58.9 Å². The second kappa shape index (κ2) is 16.6. The molecule has 1 saturated carbocycles. The zero-order valence-electron chi connectivity index (χ0n) is 38.5. The molecule has 3 amide bonds. The van der Waals surface area contributed by atoms with Gasteiger partial charge in [-0.1, -0.05) is 33.8 Å². The van der Waals surface area contributed by atoms with Crippen LogP contribution in [-0.4, -0.2) is 88.7 Å². The number of aromatic amines is 2. The molecule has 15 nitrogen and oxygen atoms in total. The van der Waals surface area contributed by atoms with Crippen molar-refractivity contribution in [3.8, 4) is 39.5 Å². The average molecular weight is 918 g/mol. The van der Waals surface area contributed by atoms with Crippen LogP contribution in [0.2, 0.25) is 0 Å². The Morgan fingerprint density at radius 3 is 2.41 bits per heavy atom. The third-order valence-corrected chi connectivity index (χ3v) is 14.2. The third-order valence-electron chi connectivity index (χ3n) is 13.1. The molecule has 346 valence electrons. The van der Waals surface area contributed by atoms with Crippen molar-refractivity contribution in [3.63, 3.8) is 0 Å². The van der Waals surface area contributed by atoms with Crippen molar-refractivity contribution in [1.29, 1.82) is 0 Å². The maximum Gasteiger partial charge on any atom is 0.411 e. The molecule has 3 aliphatic heterocycles. The number of nitrogens with one attached hydrogen (secondary N) is 3. The first-order chi connectivity index (χ1) is 31.5. The summed E-state index contributed by atoms with van der Waals surface area (Å²) in [4.78, 5) is 64.9. The van der Waals surface area contributed by atoms with E-state index >= 15 is 4.39 Å². The van der Waals surface area contributed by atoms with Gasteiger partial charge >= 0.3 is 12.2 Å². The van der Waals surface area contributed by atoms with Gasteiger partial charge in [0.1, 0.15) is 34.9 Å². The third kappa shape index (κ3) is 7.98. The number of halogens is 1. The van der Waals surface area contributed by atoms with Gasteiger partial charge in [-0.15, -0.1) is 11.3 Å². The number of alkyl carbamates (subject to hydrolysis) is 1. The number of hydrogen-bond acceptors (Lipinski definition) is 10. The highest BCUT2D eigenvalue weighted by molar-refractivity contribution is 7.11. The van der Waals surface area contributed by atoms with E-state index in [2.05, 4.69) is 39.8 Å². The molecule has 4 aliphatic rings. The smallest absolute Gasteiger partial charge is 0.411 e. The number of likely N-dealkylation sites (tertiary alicyclic amines) is 2. The Labute approximate surface area is 386 Å². The molecule has 4 aromatic heterocycles. The second-order valence-corrected chi connectivity index (χ2v) is 21.0. The quantitative estimate of drug-likeness (QED) is 0.121. The molecular weight excluding hydrogens is 862 g/mol. The zero-order valence-corrected chi connectivity index (χ0v) is 39.3. The maximum absolute atomic E-state index is 16.9. The highest BCUT2D eigenvalue weighted by Gasteiger charge is 2.56. The minimum absolute atomic E-state index is 0.170. The van der Waals surface area contributed by atoms with Gasteiger partial charge in [0.15, 0.2) is 0 Å². The number of methoxy groups -OCH3 is 1. The number of nitrogens with zero attached hydrogens (tertiary/aromatic N) is 6. The highest BCUT2D eigenvalue weighted by Crippen LogP contribution is 2.54. The number of ether oxygens (including phenoxy) is 3. The van der Waals surface area contributed by atoms with E-state index in [-0.39, 0.29) is 36.0 Å². The van der Waals surface area contributed by atoms with Crippen molar-refractivity contribution in [2.75, 3.05) is 13.7 Å². The van der Waals surface area contributed by atoms with Gasteiger partial charge in [-0.2, -0.15) is 0 Å². The Morgan fingerprint density at radius 2 is 1.70 bits per heavy atom. The van der Waals surface area contributed by atoms with Gasteiger partial charge in [-0.05, 0) is 94.5 Å². The van der Waals surface area contributed by atoms with E-state index < -0.39 is 29.8 Å². The van der Waals surface area contributed by atoms with Crippen LogP contribution in [0.5, 0.6) is 5.75 Å². The topological polar surface area (TPSA) is 173 Å². The van der Waals surface area contributed by atoms with Crippen LogP contribution < -0.4 is 10.1 Å². The first kappa shape index (κ1) is 43.7. The molecule has 10 rings (SSSR count).